The lowest BCUT2D eigenvalue weighted by molar-refractivity contribution is -0.124. The minimum Gasteiger partial charge on any atom is -0.394 e. The quantitative estimate of drug-likeness (QED) is 0.0363. The molecule has 0 fully saturated rings. The maximum absolute atomic E-state index is 12.5. The van der Waals surface area contributed by atoms with Crippen LogP contribution in [0.15, 0.2) is 12.2 Å². The number of amides is 1. The van der Waals surface area contributed by atoms with E-state index in [-0.39, 0.29) is 12.5 Å². The molecular formula is C54H107NO4. The largest absolute Gasteiger partial charge is 0.394 e. The fourth-order valence-corrected chi connectivity index (χ4v) is 8.69. The van der Waals surface area contributed by atoms with Gasteiger partial charge in [-0.05, 0) is 38.5 Å². The van der Waals surface area contributed by atoms with Crippen molar-refractivity contribution in [1.82, 2.24) is 5.32 Å². The molecule has 3 atom stereocenters. The van der Waals surface area contributed by atoms with Crippen LogP contribution in [0.3, 0.4) is 0 Å². The number of hydrogen-bond acceptors (Lipinski definition) is 4. The van der Waals surface area contributed by atoms with Crippen molar-refractivity contribution in [1.29, 1.82) is 0 Å². The molecule has 5 heteroatoms. The molecule has 0 bridgehead atoms. The maximum Gasteiger partial charge on any atom is 0.220 e. The first-order valence-corrected chi connectivity index (χ1v) is 27.0. The van der Waals surface area contributed by atoms with E-state index in [0.29, 0.717) is 12.8 Å². The summed E-state index contributed by atoms with van der Waals surface area (Å²) in [6.45, 7) is 4.20. The molecule has 5 nitrogen and oxygen atoms in total. The molecule has 0 aromatic rings. The highest BCUT2D eigenvalue weighted by atomic mass is 16.3. The Kier molecular flexibility index (Phi) is 49.0. The van der Waals surface area contributed by atoms with Crippen molar-refractivity contribution < 1.29 is 20.1 Å². The highest BCUT2D eigenvalue weighted by molar-refractivity contribution is 5.76. The van der Waals surface area contributed by atoms with Gasteiger partial charge >= 0.3 is 0 Å². The van der Waals surface area contributed by atoms with Gasteiger partial charge < -0.3 is 20.6 Å². The molecule has 0 rings (SSSR count). The number of unbranched alkanes of at least 4 members (excludes halogenated alkanes) is 40. The van der Waals surface area contributed by atoms with Gasteiger partial charge in [0.05, 0.1) is 18.8 Å². The first-order chi connectivity index (χ1) is 29.1. The summed E-state index contributed by atoms with van der Waals surface area (Å²) in [4.78, 5) is 12.5. The highest BCUT2D eigenvalue weighted by Crippen LogP contribution is 2.18. The molecule has 3 unspecified atom stereocenters. The van der Waals surface area contributed by atoms with Crippen molar-refractivity contribution in [2.45, 2.75) is 321 Å². The number of aliphatic hydroxyl groups is 3. The second-order valence-corrected chi connectivity index (χ2v) is 18.8. The Bertz CT molecular complexity index is 833. The molecule has 4 N–H and O–H groups in total. The number of rotatable bonds is 50. The maximum atomic E-state index is 12.5. The zero-order chi connectivity index (χ0) is 43.0. The minimum atomic E-state index is -1.13. The first kappa shape index (κ1) is 58.1. The molecule has 1 amide bonds. The number of carbonyl (C=O) groups is 1. The molecule has 0 saturated carbocycles. The van der Waals surface area contributed by atoms with Crippen molar-refractivity contribution >= 4 is 5.91 Å². The molecule has 0 saturated heterocycles. The third kappa shape index (κ3) is 44.9. The van der Waals surface area contributed by atoms with Crippen molar-refractivity contribution in [2.75, 3.05) is 6.61 Å². The van der Waals surface area contributed by atoms with Crippen LogP contribution in [0.25, 0.3) is 0 Å². The van der Waals surface area contributed by atoms with Gasteiger partial charge in [-0.15, -0.1) is 0 Å². The SMILES string of the molecule is CCCCCCCCCCCCCC/C=C\CCCCCCCCCCCCCCCCCCC(=O)NC(CO)C(O)C(O)CCCCCCCCCCCCCCC. The second kappa shape index (κ2) is 49.7. The Morgan fingerprint density at radius 3 is 0.983 bits per heavy atom. The third-order valence-electron chi connectivity index (χ3n) is 12.9. The van der Waals surface area contributed by atoms with Crippen molar-refractivity contribution in [3.63, 3.8) is 0 Å². The number of hydrogen-bond donors (Lipinski definition) is 4. The van der Waals surface area contributed by atoms with Gasteiger partial charge in [0.1, 0.15) is 6.10 Å². The van der Waals surface area contributed by atoms with Crippen LogP contribution in [0, 0.1) is 0 Å². The predicted octanol–water partition coefficient (Wildman–Crippen LogP) is 16.3. The van der Waals surface area contributed by atoms with Crippen LogP contribution in [0.4, 0.5) is 0 Å². The summed E-state index contributed by atoms with van der Waals surface area (Å²) in [7, 11) is 0. The Morgan fingerprint density at radius 1 is 0.407 bits per heavy atom. The van der Waals surface area contributed by atoms with E-state index in [0.717, 1.165) is 38.5 Å². The minimum absolute atomic E-state index is 0.140. The predicted molar refractivity (Wildman–Crippen MR) is 259 cm³/mol. The van der Waals surface area contributed by atoms with Crippen LogP contribution in [0.1, 0.15) is 303 Å². The van der Waals surface area contributed by atoms with E-state index in [4.69, 9.17) is 0 Å². The van der Waals surface area contributed by atoms with Gasteiger partial charge in [-0.2, -0.15) is 0 Å². The number of allylic oxidation sites excluding steroid dienone is 2. The fourth-order valence-electron chi connectivity index (χ4n) is 8.69. The molecule has 0 aromatic carbocycles. The lowest BCUT2D eigenvalue weighted by Crippen LogP contribution is -2.50. The van der Waals surface area contributed by atoms with E-state index in [2.05, 4.69) is 31.3 Å². The number of carbonyl (C=O) groups excluding carboxylic acids is 1. The van der Waals surface area contributed by atoms with Gasteiger partial charge in [0.25, 0.3) is 0 Å². The molecule has 352 valence electrons. The van der Waals surface area contributed by atoms with E-state index in [1.165, 1.54) is 238 Å². The molecule has 0 aliphatic carbocycles. The topological polar surface area (TPSA) is 89.8 Å². The Hall–Kier alpha value is -0.910. The Morgan fingerprint density at radius 2 is 0.678 bits per heavy atom. The monoisotopic (exact) mass is 834 g/mol. The molecule has 0 spiro atoms. The van der Waals surface area contributed by atoms with E-state index in [1.54, 1.807) is 0 Å². The van der Waals surface area contributed by atoms with E-state index in [1.807, 2.05) is 0 Å². The van der Waals surface area contributed by atoms with Crippen LogP contribution >= 0.6 is 0 Å². The molecule has 0 aliphatic heterocycles. The van der Waals surface area contributed by atoms with Gasteiger partial charge in [0.2, 0.25) is 5.91 Å². The van der Waals surface area contributed by atoms with Crippen molar-refractivity contribution in [2.24, 2.45) is 0 Å². The molecule has 0 aliphatic rings. The Balaban J connectivity index is 3.46. The van der Waals surface area contributed by atoms with Crippen LogP contribution < -0.4 is 5.32 Å². The van der Waals surface area contributed by atoms with Gasteiger partial charge in [0, 0.05) is 6.42 Å². The molecule has 0 aromatic heterocycles. The number of aliphatic hydroxyl groups excluding tert-OH is 3. The molecule has 59 heavy (non-hydrogen) atoms. The van der Waals surface area contributed by atoms with Crippen molar-refractivity contribution in [3.05, 3.63) is 12.2 Å². The summed E-state index contributed by atoms with van der Waals surface area (Å²) in [5.74, 6) is -0.140. The fraction of sp³-hybridized carbons (Fsp3) is 0.944. The number of nitrogens with one attached hydrogen (secondary N) is 1. The van der Waals surface area contributed by atoms with Gasteiger partial charge in [-0.25, -0.2) is 0 Å². The summed E-state index contributed by atoms with van der Waals surface area (Å²) < 4.78 is 0. The second-order valence-electron chi connectivity index (χ2n) is 18.8. The average Bonchev–Trinajstić information content (AvgIpc) is 3.24. The lowest BCUT2D eigenvalue weighted by Gasteiger charge is -2.26. The standard InChI is InChI=1S/C54H107NO4/c1-3-5-7-9-11-13-15-17-18-19-20-21-22-23-24-25-26-27-28-29-30-31-32-33-34-35-37-39-41-43-45-47-49-53(58)55-51(50-56)54(59)52(57)48-46-44-42-40-38-36-16-14-12-10-8-6-4-2/h23-24,51-52,54,56-57,59H,3-22,25-50H2,1-2H3,(H,55,58)/b24-23-. The van der Waals surface area contributed by atoms with Crippen LogP contribution in [-0.2, 0) is 4.79 Å². The van der Waals surface area contributed by atoms with E-state index in [9.17, 15) is 20.1 Å². The van der Waals surface area contributed by atoms with Gasteiger partial charge in [0.15, 0.2) is 0 Å². The molecular weight excluding hydrogens is 727 g/mol. The van der Waals surface area contributed by atoms with Gasteiger partial charge in [-0.1, -0.05) is 270 Å². The smallest absolute Gasteiger partial charge is 0.220 e. The normalized spacial score (nSPS) is 13.4. The summed E-state index contributed by atoms with van der Waals surface area (Å²) >= 11 is 0. The molecule has 0 heterocycles. The Labute approximate surface area is 369 Å². The zero-order valence-corrected chi connectivity index (χ0v) is 40.2. The lowest BCUT2D eigenvalue weighted by atomic mass is 9.99. The summed E-state index contributed by atoms with van der Waals surface area (Å²) in [6, 6.07) is -0.805. The molecule has 0 radical (unpaired) electrons. The zero-order valence-electron chi connectivity index (χ0n) is 40.2. The average molecular weight is 834 g/mol. The van der Waals surface area contributed by atoms with Gasteiger partial charge in [-0.3, -0.25) is 4.79 Å². The third-order valence-corrected chi connectivity index (χ3v) is 12.9. The van der Waals surface area contributed by atoms with E-state index < -0.39 is 18.2 Å². The summed E-state index contributed by atoms with van der Waals surface area (Å²) in [5.41, 5.74) is 0. The van der Waals surface area contributed by atoms with Crippen LogP contribution in [-0.4, -0.2) is 46.1 Å². The van der Waals surface area contributed by atoms with Crippen molar-refractivity contribution in [3.8, 4) is 0 Å². The summed E-state index contributed by atoms with van der Waals surface area (Å²) in [5, 5.41) is 33.6. The highest BCUT2D eigenvalue weighted by Gasteiger charge is 2.26. The summed E-state index contributed by atoms with van der Waals surface area (Å²) in [6.07, 6.45) is 60.8. The van der Waals surface area contributed by atoms with Crippen LogP contribution in [0.5, 0.6) is 0 Å². The van der Waals surface area contributed by atoms with E-state index >= 15 is 0 Å². The van der Waals surface area contributed by atoms with Crippen LogP contribution in [0.2, 0.25) is 0 Å². The first-order valence-electron chi connectivity index (χ1n) is 27.0.